The number of quaternary nitrogens is 1. The number of likely N-dealkylation sites (tertiary alicyclic amines) is 1. The van der Waals surface area contributed by atoms with Crippen LogP contribution in [0.2, 0.25) is 0 Å². The molecule has 0 radical (unpaired) electrons. The summed E-state index contributed by atoms with van der Waals surface area (Å²) in [6.45, 7) is 6.13. The Morgan fingerprint density at radius 1 is 1.35 bits per heavy atom. The van der Waals surface area contributed by atoms with Gasteiger partial charge in [-0.2, -0.15) is 0 Å². The molecule has 0 aromatic heterocycles. The number of carbonyl (C=O) groups is 2. The van der Waals surface area contributed by atoms with E-state index >= 15 is 0 Å². The van der Waals surface area contributed by atoms with E-state index in [-0.39, 0.29) is 23.8 Å². The van der Waals surface area contributed by atoms with Gasteiger partial charge in [-0.3, -0.25) is 9.59 Å². The summed E-state index contributed by atoms with van der Waals surface area (Å²) in [6.07, 6.45) is 2.65. The van der Waals surface area contributed by atoms with Crippen molar-refractivity contribution >= 4 is 11.8 Å². The summed E-state index contributed by atoms with van der Waals surface area (Å²) in [5.74, 6) is -0.295. The topological polar surface area (TPSA) is 76.6 Å². The Morgan fingerprint density at radius 2 is 2.04 bits per heavy atom. The van der Waals surface area contributed by atoms with Gasteiger partial charge in [0, 0.05) is 0 Å². The predicted octanol–water partition coefficient (Wildman–Crippen LogP) is 0.343. The number of benzene rings is 1. The Balaban J connectivity index is 1.89. The van der Waals surface area contributed by atoms with Gasteiger partial charge in [0.2, 0.25) is 5.91 Å². The zero-order chi connectivity index (χ0) is 16.8. The van der Waals surface area contributed by atoms with Crippen molar-refractivity contribution in [1.82, 2.24) is 5.32 Å². The summed E-state index contributed by atoms with van der Waals surface area (Å²) in [4.78, 5) is 24.8. The SMILES string of the molecule is CC[C@H](NC(=O)C[NH+]1CCC[C@H](C(N)=O)C1)c1ccc(C)cc1. The summed E-state index contributed by atoms with van der Waals surface area (Å²) in [5, 5.41) is 3.12. The molecule has 0 bridgehead atoms. The van der Waals surface area contributed by atoms with Crippen molar-refractivity contribution in [2.24, 2.45) is 11.7 Å². The highest BCUT2D eigenvalue weighted by Gasteiger charge is 2.28. The number of hydrogen-bond acceptors (Lipinski definition) is 2. The highest BCUT2D eigenvalue weighted by atomic mass is 16.2. The highest BCUT2D eigenvalue weighted by molar-refractivity contribution is 5.78. The van der Waals surface area contributed by atoms with Gasteiger partial charge in [-0.1, -0.05) is 36.8 Å². The van der Waals surface area contributed by atoms with Crippen molar-refractivity contribution in [3.05, 3.63) is 35.4 Å². The Bertz CT molecular complexity index is 542. The standard InChI is InChI=1S/C18H27N3O2/c1-3-16(14-8-6-13(2)7-9-14)20-17(22)12-21-10-4-5-15(11-21)18(19)23/h6-9,15-16H,3-5,10-12H2,1-2H3,(H2,19,23)(H,20,22)/p+1/t15-,16-/m0/s1. The van der Waals surface area contributed by atoms with Gasteiger partial charge >= 0.3 is 0 Å². The molecule has 5 heteroatoms. The number of piperidine rings is 1. The van der Waals surface area contributed by atoms with Crippen LogP contribution in [0.15, 0.2) is 24.3 Å². The van der Waals surface area contributed by atoms with Crippen LogP contribution in [0, 0.1) is 12.8 Å². The van der Waals surface area contributed by atoms with Gasteiger partial charge in [0.15, 0.2) is 6.54 Å². The zero-order valence-electron chi connectivity index (χ0n) is 14.1. The molecule has 3 atom stereocenters. The van der Waals surface area contributed by atoms with E-state index in [0.29, 0.717) is 13.1 Å². The molecule has 1 saturated heterocycles. The van der Waals surface area contributed by atoms with Crippen LogP contribution in [0.5, 0.6) is 0 Å². The smallest absolute Gasteiger partial charge is 0.275 e. The molecule has 0 aliphatic carbocycles. The third kappa shape index (κ3) is 5.06. The third-order valence-electron chi connectivity index (χ3n) is 4.65. The molecule has 23 heavy (non-hydrogen) atoms. The van der Waals surface area contributed by atoms with Gasteiger partial charge in [0.25, 0.3) is 5.91 Å². The maximum atomic E-state index is 12.3. The van der Waals surface area contributed by atoms with Gasteiger partial charge in [-0.15, -0.1) is 0 Å². The van der Waals surface area contributed by atoms with Gasteiger partial charge in [-0.25, -0.2) is 0 Å². The molecule has 1 heterocycles. The minimum atomic E-state index is -0.242. The van der Waals surface area contributed by atoms with Gasteiger partial charge in [0.1, 0.15) is 0 Å². The van der Waals surface area contributed by atoms with Crippen LogP contribution in [-0.4, -0.2) is 31.4 Å². The quantitative estimate of drug-likeness (QED) is 0.707. The number of nitrogens with one attached hydrogen (secondary N) is 2. The second-order valence-electron chi connectivity index (χ2n) is 6.56. The molecule has 1 aromatic carbocycles. The summed E-state index contributed by atoms with van der Waals surface area (Å²) in [5.41, 5.74) is 7.75. The average Bonchev–Trinajstić information content (AvgIpc) is 2.53. The number of hydrogen-bond donors (Lipinski definition) is 3. The summed E-state index contributed by atoms with van der Waals surface area (Å²) < 4.78 is 0. The highest BCUT2D eigenvalue weighted by Crippen LogP contribution is 2.16. The van der Waals surface area contributed by atoms with Crippen molar-refractivity contribution in [2.75, 3.05) is 19.6 Å². The molecule has 2 rings (SSSR count). The maximum absolute atomic E-state index is 12.3. The lowest BCUT2D eigenvalue weighted by Crippen LogP contribution is -3.15. The van der Waals surface area contributed by atoms with Crippen LogP contribution in [0.1, 0.15) is 43.4 Å². The Hall–Kier alpha value is -1.88. The molecule has 1 aliphatic rings. The van der Waals surface area contributed by atoms with Gasteiger partial charge in [0.05, 0.1) is 25.0 Å². The van der Waals surface area contributed by atoms with Crippen LogP contribution in [0.25, 0.3) is 0 Å². The lowest BCUT2D eigenvalue weighted by Gasteiger charge is -2.28. The predicted molar refractivity (Wildman–Crippen MR) is 89.8 cm³/mol. The molecule has 0 saturated carbocycles. The maximum Gasteiger partial charge on any atom is 0.275 e. The van der Waals surface area contributed by atoms with Crippen LogP contribution < -0.4 is 16.0 Å². The Kier molecular flexibility index (Phi) is 6.16. The van der Waals surface area contributed by atoms with Crippen molar-refractivity contribution in [3.63, 3.8) is 0 Å². The fraction of sp³-hybridized carbons (Fsp3) is 0.556. The van der Waals surface area contributed by atoms with Crippen molar-refractivity contribution in [2.45, 2.75) is 39.2 Å². The molecule has 1 aliphatic heterocycles. The monoisotopic (exact) mass is 318 g/mol. The van der Waals surface area contributed by atoms with E-state index in [9.17, 15) is 9.59 Å². The van der Waals surface area contributed by atoms with Gasteiger partial charge in [-0.05, 0) is 31.7 Å². The summed E-state index contributed by atoms with van der Waals surface area (Å²) >= 11 is 0. The largest absolute Gasteiger partial charge is 0.369 e. The van der Waals surface area contributed by atoms with Crippen molar-refractivity contribution in [3.8, 4) is 0 Å². The fourth-order valence-electron chi connectivity index (χ4n) is 3.25. The minimum Gasteiger partial charge on any atom is -0.369 e. The van der Waals surface area contributed by atoms with Crippen molar-refractivity contribution in [1.29, 1.82) is 0 Å². The molecule has 0 spiro atoms. The molecule has 2 amide bonds. The molecule has 1 fully saturated rings. The van der Waals surface area contributed by atoms with Crippen molar-refractivity contribution < 1.29 is 14.5 Å². The molecule has 5 nitrogen and oxygen atoms in total. The van der Waals surface area contributed by atoms with E-state index in [4.69, 9.17) is 5.73 Å². The first-order valence-corrected chi connectivity index (χ1v) is 8.48. The second kappa shape index (κ2) is 8.11. The summed E-state index contributed by atoms with van der Waals surface area (Å²) in [6, 6.07) is 8.32. The minimum absolute atomic E-state index is 0.0394. The molecular weight excluding hydrogens is 290 g/mol. The van der Waals surface area contributed by atoms with Crippen LogP contribution >= 0.6 is 0 Å². The zero-order valence-corrected chi connectivity index (χ0v) is 14.1. The number of nitrogens with two attached hydrogens (primary N) is 1. The first kappa shape index (κ1) is 17.5. The summed E-state index contributed by atoms with van der Waals surface area (Å²) in [7, 11) is 0. The van der Waals surface area contributed by atoms with E-state index in [1.807, 2.05) is 0 Å². The van der Waals surface area contributed by atoms with E-state index in [0.717, 1.165) is 36.3 Å². The Morgan fingerprint density at radius 3 is 2.65 bits per heavy atom. The normalized spacial score (nSPS) is 22.3. The fourth-order valence-corrected chi connectivity index (χ4v) is 3.25. The lowest BCUT2D eigenvalue weighted by atomic mass is 9.97. The van der Waals surface area contributed by atoms with E-state index in [1.165, 1.54) is 5.56 Å². The number of amides is 2. The number of primary amides is 1. The van der Waals surface area contributed by atoms with Crippen LogP contribution in [-0.2, 0) is 9.59 Å². The number of rotatable bonds is 6. The third-order valence-corrected chi connectivity index (χ3v) is 4.65. The Labute approximate surface area is 138 Å². The first-order valence-electron chi connectivity index (χ1n) is 8.48. The molecule has 126 valence electrons. The second-order valence-corrected chi connectivity index (χ2v) is 6.56. The number of carbonyl (C=O) groups excluding carboxylic acids is 2. The molecule has 4 N–H and O–H groups in total. The average molecular weight is 318 g/mol. The van der Waals surface area contributed by atoms with E-state index in [1.54, 1.807) is 0 Å². The van der Waals surface area contributed by atoms with E-state index in [2.05, 4.69) is 43.4 Å². The van der Waals surface area contributed by atoms with Crippen LogP contribution in [0.4, 0.5) is 0 Å². The first-order chi connectivity index (χ1) is 11.0. The molecule has 1 aromatic rings. The number of aryl methyl sites for hydroxylation is 1. The van der Waals surface area contributed by atoms with Gasteiger partial charge < -0.3 is 16.0 Å². The lowest BCUT2D eigenvalue weighted by molar-refractivity contribution is -0.899. The van der Waals surface area contributed by atoms with E-state index < -0.39 is 0 Å². The van der Waals surface area contributed by atoms with Crippen LogP contribution in [0.3, 0.4) is 0 Å². The molecular formula is C18H28N3O2+. The molecule has 1 unspecified atom stereocenters.